The van der Waals surface area contributed by atoms with Crippen LogP contribution in [0, 0.1) is 6.92 Å². The molecule has 6 nitrogen and oxygen atoms in total. The normalized spacial score (nSPS) is 15.8. The Kier molecular flexibility index (Phi) is 4.58. The number of hydrogen-bond acceptors (Lipinski definition) is 6. The molecule has 1 saturated heterocycles. The standard InChI is InChI=1S/C16H21N5OS/c1-10-16(23-11(2)13-3-6-18-20-13)14(9-15(17)19-10)21-7-4-12(22)5-8-21/h3,6,9,12,22H,2,4-5,7-8H2,1H3,(H2,17,19)(H,18,20). The number of nitrogens with zero attached hydrogens (tertiary/aromatic N) is 3. The number of pyridine rings is 1. The molecular weight excluding hydrogens is 310 g/mol. The minimum absolute atomic E-state index is 0.206. The largest absolute Gasteiger partial charge is 0.393 e. The van der Waals surface area contributed by atoms with E-state index in [0.29, 0.717) is 5.82 Å². The number of thioether (sulfide) groups is 1. The van der Waals surface area contributed by atoms with Crippen molar-refractivity contribution in [3.63, 3.8) is 0 Å². The summed E-state index contributed by atoms with van der Waals surface area (Å²) in [5.41, 5.74) is 8.80. The number of nitrogen functional groups attached to an aromatic ring is 1. The van der Waals surface area contributed by atoms with E-state index in [-0.39, 0.29) is 6.10 Å². The Labute approximate surface area is 139 Å². The molecule has 1 aliphatic heterocycles. The van der Waals surface area contributed by atoms with Gasteiger partial charge in [-0.3, -0.25) is 5.10 Å². The Morgan fingerprint density at radius 3 is 2.87 bits per heavy atom. The summed E-state index contributed by atoms with van der Waals surface area (Å²) in [6.07, 6.45) is 3.05. The van der Waals surface area contributed by atoms with E-state index in [1.807, 2.05) is 19.1 Å². The zero-order valence-corrected chi connectivity index (χ0v) is 13.9. The van der Waals surface area contributed by atoms with Crippen molar-refractivity contribution >= 4 is 28.2 Å². The zero-order valence-electron chi connectivity index (χ0n) is 13.1. The highest BCUT2D eigenvalue weighted by atomic mass is 32.2. The van der Waals surface area contributed by atoms with E-state index in [1.54, 1.807) is 18.0 Å². The molecule has 3 rings (SSSR count). The fourth-order valence-corrected chi connectivity index (χ4v) is 3.68. The maximum Gasteiger partial charge on any atom is 0.125 e. The summed E-state index contributed by atoms with van der Waals surface area (Å²) in [6, 6.07) is 3.81. The minimum Gasteiger partial charge on any atom is -0.393 e. The van der Waals surface area contributed by atoms with Gasteiger partial charge in [-0.1, -0.05) is 18.3 Å². The number of rotatable bonds is 4. The summed E-state index contributed by atoms with van der Waals surface area (Å²) in [6.45, 7) is 7.72. The summed E-state index contributed by atoms with van der Waals surface area (Å²) in [5, 5.41) is 16.6. The molecule has 1 fully saturated rings. The molecule has 0 saturated carbocycles. The van der Waals surface area contributed by atoms with E-state index in [0.717, 1.165) is 52.8 Å². The van der Waals surface area contributed by atoms with Crippen LogP contribution in [0.5, 0.6) is 0 Å². The molecule has 0 radical (unpaired) electrons. The monoisotopic (exact) mass is 331 g/mol. The van der Waals surface area contributed by atoms with Gasteiger partial charge in [0.05, 0.1) is 28.1 Å². The average molecular weight is 331 g/mol. The number of H-pyrrole nitrogens is 1. The number of nitrogens with two attached hydrogens (primary N) is 1. The average Bonchev–Trinajstić information content (AvgIpc) is 3.05. The zero-order chi connectivity index (χ0) is 16.4. The topological polar surface area (TPSA) is 91.1 Å². The maximum atomic E-state index is 9.73. The predicted octanol–water partition coefficient (Wildman–Crippen LogP) is 2.42. The Balaban J connectivity index is 1.90. The van der Waals surface area contributed by atoms with Crippen LogP contribution >= 0.6 is 11.8 Å². The molecule has 0 bridgehead atoms. The van der Waals surface area contributed by atoms with Crippen molar-refractivity contribution in [2.75, 3.05) is 23.7 Å². The highest BCUT2D eigenvalue weighted by Crippen LogP contribution is 2.41. The Morgan fingerprint density at radius 2 is 2.22 bits per heavy atom. The molecule has 0 atom stereocenters. The summed E-state index contributed by atoms with van der Waals surface area (Å²) in [5.74, 6) is 0.514. The van der Waals surface area contributed by atoms with Crippen LogP contribution in [0.1, 0.15) is 24.2 Å². The number of nitrogens with one attached hydrogen (secondary N) is 1. The maximum absolute atomic E-state index is 9.73. The molecule has 122 valence electrons. The van der Waals surface area contributed by atoms with Crippen molar-refractivity contribution in [2.24, 2.45) is 0 Å². The molecule has 0 aliphatic carbocycles. The molecule has 0 spiro atoms. The van der Waals surface area contributed by atoms with Crippen molar-refractivity contribution in [1.29, 1.82) is 0 Å². The predicted molar refractivity (Wildman–Crippen MR) is 94.3 cm³/mol. The number of hydrogen-bond donors (Lipinski definition) is 3. The number of anilines is 2. The number of aromatic amines is 1. The van der Waals surface area contributed by atoms with Crippen molar-refractivity contribution in [3.8, 4) is 0 Å². The first-order valence-corrected chi connectivity index (χ1v) is 8.43. The number of aliphatic hydroxyl groups excluding tert-OH is 1. The molecular formula is C16H21N5OS. The molecule has 4 N–H and O–H groups in total. The molecule has 2 aromatic heterocycles. The van der Waals surface area contributed by atoms with E-state index >= 15 is 0 Å². The van der Waals surface area contributed by atoms with Crippen molar-refractivity contribution in [1.82, 2.24) is 15.2 Å². The van der Waals surface area contributed by atoms with Crippen LogP contribution in [0.15, 0.2) is 29.8 Å². The van der Waals surface area contributed by atoms with E-state index in [9.17, 15) is 5.11 Å². The second-order valence-electron chi connectivity index (χ2n) is 5.69. The van der Waals surface area contributed by atoms with Crippen molar-refractivity contribution in [3.05, 3.63) is 36.3 Å². The molecule has 2 aromatic rings. The SMILES string of the molecule is C=C(Sc1c(N2CCC(O)CC2)cc(N)nc1C)c1ccn[nH]1. The first kappa shape index (κ1) is 15.9. The molecule has 1 aliphatic rings. The fourth-order valence-electron chi connectivity index (χ4n) is 2.72. The molecule has 23 heavy (non-hydrogen) atoms. The van der Waals surface area contributed by atoms with Gasteiger partial charge in [0.1, 0.15) is 5.82 Å². The summed E-state index contributed by atoms with van der Waals surface area (Å²) in [7, 11) is 0. The van der Waals surface area contributed by atoms with Crippen molar-refractivity contribution < 1.29 is 5.11 Å². The van der Waals surface area contributed by atoms with Gasteiger partial charge in [0.2, 0.25) is 0 Å². The molecule has 7 heteroatoms. The molecule has 0 amide bonds. The number of aromatic nitrogens is 3. The molecule has 0 aromatic carbocycles. The summed E-state index contributed by atoms with van der Waals surface area (Å²) < 4.78 is 0. The van der Waals surface area contributed by atoms with Crippen LogP contribution in [-0.2, 0) is 0 Å². The van der Waals surface area contributed by atoms with Gasteiger partial charge in [-0.15, -0.1) is 0 Å². The lowest BCUT2D eigenvalue weighted by molar-refractivity contribution is 0.145. The van der Waals surface area contributed by atoms with Crippen LogP contribution in [0.25, 0.3) is 4.91 Å². The van der Waals surface area contributed by atoms with Crippen LogP contribution in [-0.4, -0.2) is 39.5 Å². The third kappa shape index (κ3) is 3.51. The van der Waals surface area contributed by atoms with E-state index in [2.05, 4.69) is 26.7 Å². The fraction of sp³-hybridized carbons (Fsp3) is 0.375. The molecule has 0 unspecified atom stereocenters. The van der Waals surface area contributed by atoms with E-state index in [4.69, 9.17) is 5.73 Å². The Bertz CT molecular complexity index is 693. The first-order chi connectivity index (χ1) is 11.0. The van der Waals surface area contributed by atoms with E-state index in [1.165, 1.54) is 0 Å². The smallest absolute Gasteiger partial charge is 0.125 e. The van der Waals surface area contributed by atoms with Crippen LogP contribution in [0.2, 0.25) is 0 Å². The third-order valence-electron chi connectivity index (χ3n) is 3.97. The van der Waals surface area contributed by atoms with Gasteiger partial charge >= 0.3 is 0 Å². The van der Waals surface area contributed by atoms with Gasteiger partial charge < -0.3 is 15.7 Å². The Morgan fingerprint density at radius 1 is 1.48 bits per heavy atom. The minimum atomic E-state index is -0.206. The highest BCUT2D eigenvalue weighted by molar-refractivity contribution is 8.08. The van der Waals surface area contributed by atoms with Gasteiger partial charge in [-0.05, 0) is 25.8 Å². The van der Waals surface area contributed by atoms with E-state index < -0.39 is 0 Å². The van der Waals surface area contributed by atoms with Gasteiger partial charge in [-0.25, -0.2) is 4.98 Å². The number of piperidine rings is 1. The first-order valence-electron chi connectivity index (χ1n) is 7.61. The molecule has 3 heterocycles. The number of aliphatic hydroxyl groups is 1. The quantitative estimate of drug-likeness (QED) is 0.745. The lowest BCUT2D eigenvalue weighted by Crippen LogP contribution is -2.36. The lowest BCUT2D eigenvalue weighted by atomic mass is 10.1. The van der Waals surface area contributed by atoms with Gasteiger partial charge in [0, 0.05) is 30.3 Å². The second-order valence-corrected chi connectivity index (χ2v) is 6.80. The van der Waals surface area contributed by atoms with Crippen LogP contribution in [0.4, 0.5) is 11.5 Å². The third-order valence-corrected chi connectivity index (χ3v) is 5.15. The number of aryl methyl sites for hydroxylation is 1. The Hall–Kier alpha value is -1.99. The second kappa shape index (κ2) is 6.64. The van der Waals surface area contributed by atoms with Crippen LogP contribution in [0.3, 0.4) is 0 Å². The van der Waals surface area contributed by atoms with Gasteiger partial charge in [0.25, 0.3) is 0 Å². The van der Waals surface area contributed by atoms with Gasteiger partial charge in [-0.2, -0.15) is 5.10 Å². The summed E-state index contributed by atoms with van der Waals surface area (Å²) >= 11 is 1.57. The van der Waals surface area contributed by atoms with Crippen molar-refractivity contribution in [2.45, 2.75) is 30.8 Å². The highest BCUT2D eigenvalue weighted by Gasteiger charge is 2.22. The van der Waals surface area contributed by atoms with Crippen LogP contribution < -0.4 is 10.6 Å². The lowest BCUT2D eigenvalue weighted by Gasteiger charge is -2.33. The van der Waals surface area contributed by atoms with Gasteiger partial charge in [0.15, 0.2) is 0 Å². The summed E-state index contributed by atoms with van der Waals surface area (Å²) in [4.78, 5) is 8.59.